The van der Waals surface area contributed by atoms with Crippen molar-refractivity contribution in [2.45, 2.75) is 6.54 Å². The fraction of sp³-hybridized carbons (Fsp3) is 0.0500. The molecule has 0 aliphatic rings. The van der Waals surface area contributed by atoms with E-state index in [4.69, 9.17) is 5.73 Å². The van der Waals surface area contributed by atoms with Gasteiger partial charge in [-0.1, -0.05) is 24.3 Å². The molecule has 0 unspecified atom stereocenters. The van der Waals surface area contributed by atoms with Crippen LogP contribution in [-0.4, -0.2) is 16.8 Å². The standard InChI is InChI=1S/C20H18N4O2/c21-17-3-1-2-4-18(17)24-20(26)15-7-5-14(6-8-15)13-23-19(25)16-9-11-22-12-10-16/h1-12H,13,21H2,(H,23,25)(H,24,26). The third kappa shape index (κ3) is 4.24. The minimum absolute atomic E-state index is 0.172. The quantitative estimate of drug-likeness (QED) is 0.619. The van der Waals surface area contributed by atoms with E-state index in [0.29, 0.717) is 29.0 Å². The molecule has 0 saturated heterocycles. The zero-order chi connectivity index (χ0) is 18.4. The fourth-order valence-electron chi connectivity index (χ4n) is 2.37. The molecule has 0 atom stereocenters. The van der Waals surface area contributed by atoms with Crippen LogP contribution in [0.1, 0.15) is 26.3 Å². The van der Waals surface area contributed by atoms with Gasteiger partial charge in [-0.3, -0.25) is 14.6 Å². The van der Waals surface area contributed by atoms with E-state index in [1.165, 1.54) is 0 Å². The van der Waals surface area contributed by atoms with E-state index in [9.17, 15) is 9.59 Å². The van der Waals surface area contributed by atoms with Crippen molar-refractivity contribution in [3.63, 3.8) is 0 Å². The van der Waals surface area contributed by atoms with Gasteiger partial charge in [0.05, 0.1) is 11.4 Å². The highest BCUT2D eigenvalue weighted by Gasteiger charge is 2.08. The Bertz CT molecular complexity index is 909. The van der Waals surface area contributed by atoms with Crippen LogP contribution in [0.15, 0.2) is 73.1 Å². The smallest absolute Gasteiger partial charge is 0.255 e. The average Bonchev–Trinajstić information content (AvgIpc) is 2.69. The molecular weight excluding hydrogens is 328 g/mol. The highest BCUT2D eigenvalue weighted by Crippen LogP contribution is 2.18. The van der Waals surface area contributed by atoms with Gasteiger partial charge in [-0.2, -0.15) is 0 Å². The summed E-state index contributed by atoms with van der Waals surface area (Å²) in [5.74, 6) is -0.413. The third-order valence-corrected chi connectivity index (χ3v) is 3.82. The van der Waals surface area contributed by atoms with Gasteiger partial charge in [0.2, 0.25) is 0 Å². The van der Waals surface area contributed by atoms with E-state index in [-0.39, 0.29) is 11.8 Å². The Morgan fingerprint density at radius 1 is 0.846 bits per heavy atom. The van der Waals surface area contributed by atoms with Crippen molar-refractivity contribution >= 4 is 23.2 Å². The minimum atomic E-state index is -0.240. The molecule has 0 fully saturated rings. The summed E-state index contributed by atoms with van der Waals surface area (Å²) in [6, 6.07) is 17.4. The molecule has 26 heavy (non-hydrogen) atoms. The fourth-order valence-corrected chi connectivity index (χ4v) is 2.37. The zero-order valence-electron chi connectivity index (χ0n) is 14.0. The maximum absolute atomic E-state index is 12.3. The Balaban J connectivity index is 1.59. The lowest BCUT2D eigenvalue weighted by molar-refractivity contribution is 0.0949. The number of amides is 2. The van der Waals surface area contributed by atoms with Crippen molar-refractivity contribution in [3.8, 4) is 0 Å². The summed E-state index contributed by atoms with van der Waals surface area (Å²) in [5, 5.41) is 5.61. The maximum atomic E-state index is 12.3. The Morgan fingerprint density at radius 3 is 2.19 bits per heavy atom. The molecule has 4 N–H and O–H groups in total. The lowest BCUT2D eigenvalue weighted by atomic mass is 10.1. The van der Waals surface area contributed by atoms with Crippen molar-refractivity contribution in [2.75, 3.05) is 11.1 Å². The summed E-state index contributed by atoms with van der Waals surface area (Å²) in [6.45, 7) is 0.370. The lowest BCUT2D eigenvalue weighted by Crippen LogP contribution is -2.22. The molecule has 0 aliphatic carbocycles. The second kappa shape index (κ2) is 7.94. The molecule has 3 aromatic rings. The highest BCUT2D eigenvalue weighted by atomic mass is 16.2. The number of nitrogens with two attached hydrogens (primary N) is 1. The van der Waals surface area contributed by atoms with Crippen LogP contribution in [0.4, 0.5) is 11.4 Å². The van der Waals surface area contributed by atoms with Gasteiger partial charge in [0.25, 0.3) is 11.8 Å². The van der Waals surface area contributed by atoms with Crippen LogP contribution < -0.4 is 16.4 Å². The van der Waals surface area contributed by atoms with Gasteiger partial charge < -0.3 is 16.4 Å². The van der Waals surface area contributed by atoms with E-state index in [0.717, 1.165) is 5.56 Å². The van der Waals surface area contributed by atoms with Gasteiger partial charge in [-0.25, -0.2) is 0 Å². The molecular formula is C20H18N4O2. The van der Waals surface area contributed by atoms with Gasteiger partial charge >= 0.3 is 0 Å². The Hall–Kier alpha value is -3.67. The first-order valence-electron chi connectivity index (χ1n) is 8.06. The molecule has 1 heterocycles. The molecule has 2 aromatic carbocycles. The minimum Gasteiger partial charge on any atom is -0.397 e. The molecule has 0 aliphatic heterocycles. The summed E-state index contributed by atoms with van der Waals surface area (Å²) in [5.41, 5.74) is 8.87. The number of carbonyl (C=O) groups excluding carboxylic acids is 2. The second-order valence-electron chi connectivity index (χ2n) is 5.66. The Labute approximate surface area is 151 Å². The lowest BCUT2D eigenvalue weighted by Gasteiger charge is -2.09. The van der Waals surface area contributed by atoms with Crippen molar-refractivity contribution in [1.29, 1.82) is 0 Å². The summed E-state index contributed by atoms with van der Waals surface area (Å²) in [4.78, 5) is 28.2. The van der Waals surface area contributed by atoms with Crippen molar-refractivity contribution in [1.82, 2.24) is 10.3 Å². The van der Waals surface area contributed by atoms with Crippen LogP contribution in [0.25, 0.3) is 0 Å². The monoisotopic (exact) mass is 346 g/mol. The van der Waals surface area contributed by atoms with E-state index in [1.54, 1.807) is 73.1 Å². The number of hydrogen-bond acceptors (Lipinski definition) is 4. The van der Waals surface area contributed by atoms with Gasteiger partial charge in [-0.15, -0.1) is 0 Å². The third-order valence-electron chi connectivity index (χ3n) is 3.82. The number of nitrogens with one attached hydrogen (secondary N) is 2. The maximum Gasteiger partial charge on any atom is 0.255 e. The number of pyridine rings is 1. The number of benzene rings is 2. The predicted molar refractivity (Wildman–Crippen MR) is 101 cm³/mol. The number of hydrogen-bond donors (Lipinski definition) is 3. The molecule has 2 amide bonds. The zero-order valence-corrected chi connectivity index (χ0v) is 14.0. The molecule has 0 bridgehead atoms. The van der Waals surface area contributed by atoms with Crippen LogP contribution >= 0.6 is 0 Å². The van der Waals surface area contributed by atoms with E-state index < -0.39 is 0 Å². The molecule has 3 rings (SSSR count). The van der Waals surface area contributed by atoms with Gasteiger partial charge in [0, 0.05) is 30.1 Å². The number of aromatic nitrogens is 1. The van der Waals surface area contributed by atoms with Crippen LogP contribution in [0, 0.1) is 0 Å². The largest absolute Gasteiger partial charge is 0.397 e. The first-order chi connectivity index (χ1) is 12.6. The van der Waals surface area contributed by atoms with Gasteiger partial charge in [-0.05, 0) is 42.0 Å². The van der Waals surface area contributed by atoms with E-state index >= 15 is 0 Å². The topological polar surface area (TPSA) is 97.1 Å². The molecule has 0 radical (unpaired) electrons. The van der Waals surface area contributed by atoms with Crippen LogP contribution in [0.2, 0.25) is 0 Å². The average molecular weight is 346 g/mol. The van der Waals surface area contributed by atoms with Crippen molar-refractivity contribution < 1.29 is 9.59 Å². The molecule has 0 spiro atoms. The normalized spacial score (nSPS) is 10.2. The van der Waals surface area contributed by atoms with Crippen LogP contribution in [-0.2, 0) is 6.54 Å². The molecule has 0 saturated carbocycles. The number of para-hydroxylation sites is 2. The van der Waals surface area contributed by atoms with Crippen LogP contribution in [0.3, 0.4) is 0 Å². The highest BCUT2D eigenvalue weighted by molar-refractivity contribution is 6.05. The molecule has 130 valence electrons. The summed E-state index contributed by atoms with van der Waals surface area (Å²) < 4.78 is 0. The van der Waals surface area contributed by atoms with E-state index in [2.05, 4.69) is 15.6 Å². The predicted octanol–water partition coefficient (Wildman–Crippen LogP) is 2.85. The molecule has 6 nitrogen and oxygen atoms in total. The van der Waals surface area contributed by atoms with Crippen LogP contribution in [0.5, 0.6) is 0 Å². The Morgan fingerprint density at radius 2 is 1.50 bits per heavy atom. The van der Waals surface area contributed by atoms with Crippen molar-refractivity contribution in [2.24, 2.45) is 0 Å². The first-order valence-corrected chi connectivity index (χ1v) is 8.06. The first kappa shape index (κ1) is 17.2. The van der Waals surface area contributed by atoms with Crippen molar-refractivity contribution in [3.05, 3.63) is 89.7 Å². The summed E-state index contributed by atoms with van der Waals surface area (Å²) >= 11 is 0. The van der Waals surface area contributed by atoms with Gasteiger partial charge in [0.1, 0.15) is 0 Å². The number of anilines is 2. The number of rotatable bonds is 5. The second-order valence-corrected chi connectivity index (χ2v) is 5.66. The SMILES string of the molecule is Nc1ccccc1NC(=O)c1ccc(CNC(=O)c2ccncc2)cc1. The summed E-state index contributed by atoms with van der Waals surface area (Å²) in [7, 11) is 0. The number of nitrogens with zero attached hydrogens (tertiary/aromatic N) is 1. The van der Waals surface area contributed by atoms with E-state index in [1.807, 2.05) is 0 Å². The number of nitrogen functional groups attached to an aromatic ring is 1. The Kier molecular flexibility index (Phi) is 5.24. The van der Waals surface area contributed by atoms with Gasteiger partial charge in [0.15, 0.2) is 0 Å². The molecule has 1 aromatic heterocycles. The molecule has 6 heteroatoms. The number of carbonyl (C=O) groups is 2. The summed E-state index contributed by atoms with van der Waals surface area (Å²) in [6.07, 6.45) is 3.14.